The van der Waals surface area contributed by atoms with Crippen molar-refractivity contribution < 1.29 is 23.9 Å². The zero-order chi connectivity index (χ0) is 19.6. The largest absolute Gasteiger partial charge is 0.466 e. The average molecular weight is 371 g/mol. The Labute approximate surface area is 156 Å². The van der Waals surface area contributed by atoms with E-state index in [-0.39, 0.29) is 23.1 Å². The van der Waals surface area contributed by atoms with Crippen molar-refractivity contribution in [2.75, 3.05) is 7.11 Å². The lowest BCUT2D eigenvalue weighted by Gasteiger charge is -2.25. The van der Waals surface area contributed by atoms with Gasteiger partial charge in [0.1, 0.15) is 6.17 Å². The second kappa shape index (κ2) is 7.61. The van der Waals surface area contributed by atoms with Crippen LogP contribution in [0.5, 0.6) is 0 Å². The second-order valence-corrected chi connectivity index (χ2v) is 6.40. The number of nitrogens with zero attached hydrogens (tertiary/aromatic N) is 1. The molecule has 3 rings (SSSR count). The highest BCUT2D eigenvalue weighted by Gasteiger charge is 2.42. The van der Waals surface area contributed by atoms with E-state index in [0.29, 0.717) is 12.1 Å². The molecule has 0 saturated heterocycles. The molecule has 8 heteroatoms. The number of carbonyl (C=O) groups excluding carboxylic acids is 4. The molecule has 2 aliphatic heterocycles. The van der Waals surface area contributed by atoms with Crippen LogP contribution >= 0.6 is 0 Å². The van der Waals surface area contributed by atoms with Crippen molar-refractivity contribution in [2.45, 2.75) is 38.8 Å². The van der Waals surface area contributed by atoms with Gasteiger partial charge < -0.3 is 15.4 Å². The summed E-state index contributed by atoms with van der Waals surface area (Å²) in [6.45, 7) is 2.00. The van der Waals surface area contributed by atoms with Gasteiger partial charge in [-0.15, -0.1) is 0 Å². The predicted molar refractivity (Wildman–Crippen MR) is 95.6 cm³/mol. The molecule has 0 bridgehead atoms. The summed E-state index contributed by atoms with van der Waals surface area (Å²) in [4.78, 5) is 51.1. The Balaban J connectivity index is 1.96. The van der Waals surface area contributed by atoms with Crippen molar-refractivity contribution >= 4 is 23.8 Å². The van der Waals surface area contributed by atoms with Gasteiger partial charge in [0.2, 0.25) is 0 Å². The summed E-state index contributed by atoms with van der Waals surface area (Å²) >= 11 is 0. The molecule has 2 heterocycles. The predicted octanol–water partition coefficient (Wildman–Crippen LogP) is 1.93. The summed E-state index contributed by atoms with van der Waals surface area (Å²) in [6.07, 6.45) is 1.14. The molecule has 2 N–H and O–H groups in total. The van der Waals surface area contributed by atoms with Gasteiger partial charge in [-0.1, -0.05) is 25.5 Å². The van der Waals surface area contributed by atoms with Crippen molar-refractivity contribution in [3.8, 4) is 0 Å². The van der Waals surface area contributed by atoms with E-state index in [0.717, 1.165) is 17.7 Å². The van der Waals surface area contributed by atoms with Crippen LogP contribution in [-0.4, -0.2) is 42.0 Å². The van der Waals surface area contributed by atoms with Crippen molar-refractivity contribution in [1.29, 1.82) is 0 Å². The number of imide groups is 1. The van der Waals surface area contributed by atoms with E-state index in [1.165, 1.54) is 7.11 Å². The van der Waals surface area contributed by atoms with Crippen LogP contribution in [0, 0.1) is 0 Å². The minimum absolute atomic E-state index is 0.0179. The van der Waals surface area contributed by atoms with Crippen LogP contribution < -0.4 is 10.6 Å². The fourth-order valence-corrected chi connectivity index (χ4v) is 3.31. The van der Waals surface area contributed by atoms with Gasteiger partial charge in [-0.3, -0.25) is 14.5 Å². The Bertz CT molecular complexity index is 811. The quantitative estimate of drug-likeness (QED) is 0.608. The minimum Gasteiger partial charge on any atom is -0.466 e. The Hall–Kier alpha value is -3.16. The van der Waals surface area contributed by atoms with E-state index < -0.39 is 30.0 Å². The lowest BCUT2D eigenvalue weighted by Crippen LogP contribution is -2.52. The molecule has 0 saturated carbocycles. The van der Waals surface area contributed by atoms with Crippen molar-refractivity contribution in [2.24, 2.45) is 0 Å². The first-order valence-corrected chi connectivity index (χ1v) is 8.82. The maximum Gasteiger partial charge on any atom is 0.335 e. The van der Waals surface area contributed by atoms with E-state index in [2.05, 4.69) is 10.6 Å². The number of unbranched alkanes of at least 4 members (excludes halogenated alkanes) is 1. The van der Waals surface area contributed by atoms with Gasteiger partial charge in [-0.25, -0.2) is 9.59 Å². The summed E-state index contributed by atoms with van der Waals surface area (Å²) in [6, 6.07) is 5.90. The van der Waals surface area contributed by atoms with Gasteiger partial charge in [-0.05, 0) is 25.0 Å². The number of benzene rings is 1. The van der Waals surface area contributed by atoms with E-state index in [9.17, 15) is 19.2 Å². The smallest absolute Gasteiger partial charge is 0.335 e. The zero-order valence-corrected chi connectivity index (χ0v) is 15.2. The topological polar surface area (TPSA) is 105 Å². The summed E-state index contributed by atoms with van der Waals surface area (Å²) in [5.41, 5.74) is 1.28. The molecule has 142 valence electrons. The first kappa shape index (κ1) is 18.6. The number of ether oxygens (including phenoxy) is 1. The third kappa shape index (κ3) is 3.42. The molecule has 0 radical (unpaired) electrons. The van der Waals surface area contributed by atoms with Gasteiger partial charge in [0.15, 0.2) is 0 Å². The highest BCUT2D eigenvalue weighted by molar-refractivity contribution is 6.21. The molecule has 27 heavy (non-hydrogen) atoms. The summed E-state index contributed by atoms with van der Waals surface area (Å²) in [5, 5.41) is 5.28. The molecular formula is C19H21N3O5. The Kier molecular flexibility index (Phi) is 5.25. The maximum atomic E-state index is 12.7. The van der Waals surface area contributed by atoms with Gasteiger partial charge in [0.25, 0.3) is 11.8 Å². The van der Waals surface area contributed by atoms with Crippen molar-refractivity contribution in [3.63, 3.8) is 0 Å². The number of fused-ring (bicyclic) bond motifs is 1. The van der Waals surface area contributed by atoms with Crippen LogP contribution in [0.1, 0.15) is 53.3 Å². The highest BCUT2D eigenvalue weighted by atomic mass is 16.5. The highest BCUT2D eigenvalue weighted by Crippen LogP contribution is 2.28. The van der Waals surface area contributed by atoms with Crippen LogP contribution in [0.4, 0.5) is 4.79 Å². The van der Waals surface area contributed by atoms with E-state index in [1.807, 2.05) is 6.92 Å². The van der Waals surface area contributed by atoms with Gasteiger partial charge in [-0.2, -0.15) is 0 Å². The summed E-state index contributed by atoms with van der Waals surface area (Å²) in [7, 11) is 1.25. The fraction of sp³-hybridized carbons (Fsp3) is 0.368. The number of allylic oxidation sites excluding steroid dienone is 1. The summed E-state index contributed by atoms with van der Waals surface area (Å²) < 4.78 is 4.85. The summed E-state index contributed by atoms with van der Waals surface area (Å²) in [5.74, 6) is -1.59. The molecule has 4 amide bonds. The Morgan fingerprint density at radius 1 is 1.19 bits per heavy atom. The molecule has 0 fully saturated rings. The van der Waals surface area contributed by atoms with Crippen LogP contribution in [0.25, 0.3) is 0 Å². The lowest BCUT2D eigenvalue weighted by molar-refractivity contribution is -0.136. The van der Waals surface area contributed by atoms with Crippen LogP contribution in [0.3, 0.4) is 0 Å². The average Bonchev–Trinajstić information content (AvgIpc) is 2.81. The van der Waals surface area contributed by atoms with Gasteiger partial charge in [0, 0.05) is 12.1 Å². The number of hydrogen-bond donors (Lipinski definition) is 2. The number of rotatable bonds is 5. The molecule has 2 aliphatic rings. The normalized spacial score (nSPS) is 19.4. The first-order chi connectivity index (χ1) is 13.0. The molecule has 0 aliphatic carbocycles. The van der Waals surface area contributed by atoms with Gasteiger partial charge >= 0.3 is 12.0 Å². The number of hydrogen-bond acceptors (Lipinski definition) is 5. The zero-order valence-electron chi connectivity index (χ0n) is 15.2. The molecule has 1 aromatic rings. The SMILES string of the molecule is CCCCC1=C(C(=O)OC)C[C@H](N2C(=O)c3ccccc3C2=O)NC(=O)N1. The van der Waals surface area contributed by atoms with Crippen LogP contribution in [-0.2, 0) is 9.53 Å². The van der Waals surface area contributed by atoms with Crippen molar-refractivity contribution in [1.82, 2.24) is 15.5 Å². The van der Waals surface area contributed by atoms with Crippen LogP contribution in [0.2, 0.25) is 0 Å². The maximum absolute atomic E-state index is 12.7. The number of nitrogens with one attached hydrogen (secondary N) is 2. The molecular weight excluding hydrogens is 350 g/mol. The number of amides is 4. The molecule has 1 atom stereocenters. The number of urea groups is 1. The third-order valence-corrected chi connectivity index (χ3v) is 4.67. The number of esters is 1. The molecule has 1 aromatic carbocycles. The minimum atomic E-state index is -0.981. The first-order valence-electron chi connectivity index (χ1n) is 8.82. The standard InChI is InChI=1S/C19H21N3O5/c1-3-4-9-14-13(18(25)27-2)10-15(21-19(26)20-14)22-16(23)11-7-5-6-8-12(11)17(22)24/h5-8,15H,3-4,9-10H2,1-2H3,(H2,20,21,26)/t15-/m0/s1. The molecule has 8 nitrogen and oxygen atoms in total. The molecule has 0 aromatic heterocycles. The second-order valence-electron chi connectivity index (χ2n) is 6.40. The van der Waals surface area contributed by atoms with Crippen LogP contribution in [0.15, 0.2) is 35.5 Å². The van der Waals surface area contributed by atoms with E-state index in [1.54, 1.807) is 24.3 Å². The van der Waals surface area contributed by atoms with Gasteiger partial charge in [0.05, 0.1) is 23.8 Å². The fourth-order valence-electron chi connectivity index (χ4n) is 3.31. The Morgan fingerprint density at radius 2 is 1.81 bits per heavy atom. The van der Waals surface area contributed by atoms with E-state index >= 15 is 0 Å². The third-order valence-electron chi connectivity index (χ3n) is 4.67. The molecule has 0 spiro atoms. The molecule has 0 unspecified atom stereocenters. The lowest BCUT2D eigenvalue weighted by atomic mass is 10.0. The Morgan fingerprint density at radius 3 is 2.37 bits per heavy atom. The van der Waals surface area contributed by atoms with Crippen molar-refractivity contribution in [3.05, 3.63) is 46.7 Å². The monoisotopic (exact) mass is 371 g/mol. The number of carbonyl (C=O) groups is 4. The van der Waals surface area contributed by atoms with E-state index in [4.69, 9.17) is 4.74 Å². The number of methoxy groups -OCH3 is 1.